The van der Waals surface area contributed by atoms with E-state index in [1.54, 1.807) is 26.2 Å². The van der Waals surface area contributed by atoms with E-state index in [1.165, 1.54) is 14.2 Å². The van der Waals surface area contributed by atoms with E-state index >= 15 is 0 Å². The quantitative estimate of drug-likeness (QED) is 0.502. The summed E-state index contributed by atoms with van der Waals surface area (Å²) < 4.78 is 47.4. The average Bonchev–Trinajstić information content (AvgIpc) is 2.13. The Labute approximate surface area is 105 Å². The number of hydrogen-bond donors (Lipinski definition) is 0. The van der Waals surface area contributed by atoms with Gasteiger partial charge in [-0.2, -0.15) is 0 Å². The Kier molecular flexibility index (Phi) is 7.31. The Bertz CT molecular complexity index is 268. The number of hydrogen-bond acceptors (Lipinski definition) is 7. The second-order valence-electron chi connectivity index (χ2n) is 3.90. The Balaban J connectivity index is 4.46. The van der Waals surface area contributed by atoms with Crippen molar-refractivity contribution in [3.8, 4) is 0 Å². The molecule has 0 aliphatic carbocycles. The van der Waals surface area contributed by atoms with Crippen molar-refractivity contribution in [3.05, 3.63) is 0 Å². The van der Waals surface area contributed by atoms with Gasteiger partial charge < -0.3 is 4.12 Å². The van der Waals surface area contributed by atoms with Gasteiger partial charge in [-0.3, -0.25) is 0 Å². The monoisotopic (exact) mass is 320 g/mol. The highest BCUT2D eigenvalue weighted by atomic mass is 31.1. The molecular formula is C6H18O7P2Si2+2. The van der Waals surface area contributed by atoms with Gasteiger partial charge in [0, 0.05) is 9.13 Å². The van der Waals surface area contributed by atoms with Crippen LogP contribution in [0.25, 0.3) is 0 Å². The van der Waals surface area contributed by atoms with Crippen molar-refractivity contribution in [3.63, 3.8) is 0 Å². The molecule has 0 saturated heterocycles. The van der Waals surface area contributed by atoms with Gasteiger partial charge in [0.2, 0.25) is 0 Å². The van der Waals surface area contributed by atoms with Gasteiger partial charge in [-0.15, -0.1) is 17.5 Å². The van der Waals surface area contributed by atoms with Crippen molar-refractivity contribution in [1.82, 2.24) is 0 Å². The lowest BCUT2D eigenvalue weighted by Gasteiger charge is -2.23. The van der Waals surface area contributed by atoms with Gasteiger partial charge in [0.25, 0.3) is 0 Å². The van der Waals surface area contributed by atoms with Crippen LogP contribution in [0.2, 0.25) is 26.2 Å². The summed E-state index contributed by atoms with van der Waals surface area (Å²) in [5.74, 6) is 0. The normalized spacial score (nSPS) is 14.7. The summed E-state index contributed by atoms with van der Waals surface area (Å²) in [6.45, 7) is 6.82. The lowest BCUT2D eigenvalue weighted by atomic mass is 11.8. The molecular weight excluding hydrogens is 302 g/mol. The first-order chi connectivity index (χ1) is 7.62. The molecule has 2 unspecified atom stereocenters. The third-order valence-electron chi connectivity index (χ3n) is 1.38. The summed E-state index contributed by atoms with van der Waals surface area (Å²) in [7, 11) is -7.14. The minimum atomic E-state index is -2.66. The molecule has 0 spiro atoms. The van der Waals surface area contributed by atoms with E-state index in [4.69, 9.17) is 12.5 Å². The Morgan fingerprint density at radius 3 is 1.29 bits per heavy atom. The molecule has 0 aliphatic heterocycles. The predicted octanol–water partition coefficient (Wildman–Crippen LogP) is 3.05. The van der Waals surface area contributed by atoms with E-state index in [9.17, 15) is 9.13 Å². The van der Waals surface area contributed by atoms with Gasteiger partial charge in [-0.25, -0.2) is 0 Å². The first kappa shape index (κ1) is 17.4. The maximum atomic E-state index is 11.1. The molecule has 0 aromatic carbocycles. The topological polar surface area (TPSA) is 80.3 Å². The highest BCUT2D eigenvalue weighted by Gasteiger charge is 2.48. The molecule has 0 bridgehead atoms. The highest BCUT2D eigenvalue weighted by molar-refractivity contribution is 7.36. The average molecular weight is 320 g/mol. The van der Waals surface area contributed by atoms with Crippen LogP contribution < -0.4 is 0 Å². The summed E-state index contributed by atoms with van der Waals surface area (Å²) in [4.78, 5) is 0. The third-order valence-corrected chi connectivity index (χ3v) is 10.6. The second kappa shape index (κ2) is 7.13. The Hall–Kier alpha value is 0.434. The van der Waals surface area contributed by atoms with Crippen LogP contribution in [0, 0.1) is 0 Å². The van der Waals surface area contributed by atoms with Gasteiger partial charge in [-0.05, 0) is 26.2 Å². The molecule has 17 heavy (non-hydrogen) atoms. The molecule has 0 aliphatic rings. The van der Waals surface area contributed by atoms with Crippen LogP contribution in [0.5, 0.6) is 0 Å². The summed E-state index contributed by atoms with van der Waals surface area (Å²) in [5.41, 5.74) is 0. The summed E-state index contributed by atoms with van der Waals surface area (Å²) >= 11 is 0. The maximum Gasteiger partial charge on any atom is 0.687 e. The molecule has 2 atom stereocenters. The molecule has 0 radical (unpaired) electrons. The molecule has 0 saturated carbocycles. The smallest absolute Gasteiger partial charge is 0.409 e. The largest absolute Gasteiger partial charge is 0.687 e. The van der Waals surface area contributed by atoms with Gasteiger partial charge in [0.15, 0.2) is 0 Å². The molecule has 0 aromatic rings. The Morgan fingerprint density at radius 1 is 0.765 bits per heavy atom. The molecule has 0 aromatic heterocycles. The van der Waals surface area contributed by atoms with E-state index in [-0.39, 0.29) is 0 Å². The van der Waals surface area contributed by atoms with Crippen LogP contribution in [0.3, 0.4) is 0 Å². The summed E-state index contributed by atoms with van der Waals surface area (Å²) in [6.07, 6.45) is 0. The zero-order valence-electron chi connectivity index (χ0n) is 10.8. The maximum absolute atomic E-state index is 11.1. The molecule has 0 N–H and O–H groups in total. The molecule has 100 valence electrons. The van der Waals surface area contributed by atoms with Crippen molar-refractivity contribution in [2.75, 3.05) is 14.2 Å². The fraction of sp³-hybridized carbons (Fsp3) is 1.00. The van der Waals surface area contributed by atoms with Gasteiger partial charge in [-0.1, -0.05) is 0 Å². The highest BCUT2D eigenvalue weighted by Crippen LogP contribution is 2.34. The van der Waals surface area contributed by atoms with Crippen LogP contribution in [0.15, 0.2) is 0 Å². The molecule has 11 heteroatoms. The lowest BCUT2D eigenvalue weighted by molar-refractivity contribution is 0.283. The first-order valence-corrected chi connectivity index (χ1v) is 12.6. The fourth-order valence-corrected chi connectivity index (χ4v) is 10.2. The van der Waals surface area contributed by atoms with Crippen molar-refractivity contribution < 1.29 is 30.7 Å². The minimum Gasteiger partial charge on any atom is -0.409 e. The summed E-state index contributed by atoms with van der Waals surface area (Å²) in [6, 6.07) is 0. The molecule has 0 heterocycles. The molecule has 7 nitrogen and oxygen atoms in total. The zero-order chi connectivity index (χ0) is 13.7. The van der Waals surface area contributed by atoms with Gasteiger partial charge >= 0.3 is 33.6 Å². The SMILES string of the molecule is CO[P+](=O)O[Si](C)(C)O[Si](C)(C)O[P+](=O)OC. The van der Waals surface area contributed by atoms with E-state index in [0.717, 1.165) is 0 Å². The van der Waals surface area contributed by atoms with Gasteiger partial charge in [0.05, 0.1) is 14.2 Å². The van der Waals surface area contributed by atoms with Gasteiger partial charge in [0.1, 0.15) is 0 Å². The second-order valence-corrected chi connectivity index (χ2v) is 13.4. The zero-order valence-corrected chi connectivity index (χ0v) is 14.5. The van der Waals surface area contributed by atoms with E-state index < -0.39 is 33.6 Å². The fourth-order valence-electron chi connectivity index (χ4n) is 1.06. The van der Waals surface area contributed by atoms with Crippen LogP contribution in [-0.2, 0) is 30.7 Å². The third kappa shape index (κ3) is 8.20. The molecule has 0 rings (SSSR count). The minimum absolute atomic E-state index is 1.28. The van der Waals surface area contributed by atoms with Crippen molar-refractivity contribution in [2.45, 2.75) is 26.2 Å². The van der Waals surface area contributed by atoms with Crippen LogP contribution in [0.4, 0.5) is 0 Å². The predicted molar refractivity (Wildman–Crippen MR) is 67.5 cm³/mol. The lowest BCUT2D eigenvalue weighted by Crippen LogP contribution is -2.46. The first-order valence-electron chi connectivity index (χ1n) is 4.73. The van der Waals surface area contributed by atoms with Crippen LogP contribution >= 0.6 is 16.5 Å². The van der Waals surface area contributed by atoms with E-state index in [1.807, 2.05) is 0 Å². The van der Waals surface area contributed by atoms with Crippen molar-refractivity contribution >= 4 is 33.6 Å². The molecule has 0 amide bonds. The van der Waals surface area contributed by atoms with Crippen LogP contribution in [-0.4, -0.2) is 31.3 Å². The van der Waals surface area contributed by atoms with Crippen LogP contribution in [0.1, 0.15) is 0 Å². The standard InChI is InChI=1S/C6H18O7P2Si2/c1-9-14(7)11-16(3,4)13-17(5,6)12-15(8)10-2/h1-6H3/q+2. The summed E-state index contributed by atoms with van der Waals surface area (Å²) in [5, 5.41) is 0. The van der Waals surface area contributed by atoms with E-state index in [2.05, 4.69) is 9.05 Å². The number of rotatable bonds is 8. The van der Waals surface area contributed by atoms with Crippen molar-refractivity contribution in [2.24, 2.45) is 0 Å². The van der Waals surface area contributed by atoms with Crippen molar-refractivity contribution in [1.29, 1.82) is 0 Å². The molecule has 0 fully saturated rings. The Morgan fingerprint density at radius 2 is 1.06 bits per heavy atom. The van der Waals surface area contributed by atoms with E-state index in [0.29, 0.717) is 0 Å².